The number of carboxylic acids is 2. The number of thiophene rings is 1. The topological polar surface area (TPSA) is 77.8 Å². The lowest BCUT2D eigenvalue weighted by molar-refractivity contribution is -0.157. The monoisotopic (exact) mass is 347 g/mol. The number of nitrogens with zero attached hydrogens (tertiary/aromatic N) is 1. The third kappa shape index (κ3) is 3.34. The van der Waals surface area contributed by atoms with Crippen LogP contribution < -0.4 is 0 Å². The van der Waals surface area contributed by atoms with Gasteiger partial charge in [-0.1, -0.05) is 0 Å². The molecule has 0 radical (unpaired) electrons. The summed E-state index contributed by atoms with van der Waals surface area (Å²) in [7, 11) is 0. The van der Waals surface area contributed by atoms with Crippen molar-refractivity contribution in [2.45, 2.75) is 13.0 Å². The van der Waals surface area contributed by atoms with Crippen molar-refractivity contribution in [2.24, 2.45) is 11.8 Å². The molecule has 2 N–H and O–H groups in total. The van der Waals surface area contributed by atoms with Crippen molar-refractivity contribution in [3.05, 3.63) is 20.8 Å². The molecule has 7 heteroatoms. The van der Waals surface area contributed by atoms with Crippen molar-refractivity contribution < 1.29 is 19.8 Å². The molecule has 5 nitrogen and oxygen atoms in total. The van der Waals surface area contributed by atoms with Gasteiger partial charge in [0.1, 0.15) is 0 Å². The first-order chi connectivity index (χ1) is 8.99. The Bertz CT molecular complexity index is 490. The number of piperidine rings is 1. The van der Waals surface area contributed by atoms with Crippen LogP contribution in [0.25, 0.3) is 0 Å². The zero-order valence-electron chi connectivity index (χ0n) is 10.1. The van der Waals surface area contributed by atoms with E-state index in [1.165, 1.54) is 0 Å². The number of rotatable bonds is 4. The Morgan fingerprint density at radius 2 is 2.05 bits per heavy atom. The van der Waals surface area contributed by atoms with Gasteiger partial charge in [0.05, 0.1) is 11.8 Å². The van der Waals surface area contributed by atoms with E-state index in [4.69, 9.17) is 10.2 Å². The summed E-state index contributed by atoms with van der Waals surface area (Å²) in [5.74, 6) is -3.64. The zero-order chi connectivity index (χ0) is 14.0. The van der Waals surface area contributed by atoms with E-state index in [1.807, 2.05) is 16.3 Å². The molecule has 2 atom stereocenters. The molecular weight excluding hydrogens is 334 g/mol. The standard InChI is InChI=1S/C12H14BrNO4S/c13-9-2-4-19-10(9)6-14-3-1-7(11(15)16)8(5-14)12(17)18/h2,4,7-8H,1,3,5-6H2,(H,15,16)(H,17,18). The van der Waals surface area contributed by atoms with Crippen LogP contribution in [0, 0.1) is 11.8 Å². The highest BCUT2D eigenvalue weighted by Crippen LogP contribution is 2.29. The number of carboxylic acid groups (broad SMARTS) is 2. The lowest BCUT2D eigenvalue weighted by atomic mass is 9.85. The predicted molar refractivity (Wildman–Crippen MR) is 74.2 cm³/mol. The van der Waals surface area contributed by atoms with Crippen LogP contribution in [0.15, 0.2) is 15.9 Å². The van der Waals surface area contributed by atoms with Crippen LogP contribution in [-0.2, 0) is 16.1 Å². The fraction of sp³-hybridized carbons (Fsp3) is 0.500. The van der Waals surface area contributed by atoms with Gasteiger partial charge in [-0.25, -0.2) is 0 Å². The summed E-state index contributed by atoms with van der Waals surface area (Å²) in [6, 6.07) is 1.96. The van der Waals surface area contributed by atoms with Gasteiger partial charge in [-0.2, -0.15) is 0 Å². The highest BCUT2D eigenvalue weighted by molar-refractivity contribution is 9.10. The zero-order valence-corrected chi connectivity index (χ0v) is 12.5. The maximum atomic E-state index is 11.2. The molecule has 0 aliphatic carbocycles. The van der Waals surface area contributed by atoms with Gasteiger partial charge in [-0.05, 0) is 40.3 Å². The summed E-state index contributed by atoms with van der Waals surface area (Å²) >= 11 is 5.05. The second-order valence-corrected chi connectivity index (χ2v) is 6.46. The summed E-state index contributed by atoms with van der Waals surface area (Å²) < 4.78 is 1.02. The second-order valence-electron chi connectivity index (χ2n) is 4.60. The Morgan fingerprint density at radius 1 is 1.37 bits per heavy atom. The predicted octanol–water partition coefficient (Wildman–Crippen LogP) is 2.12. The molecule has 1 saturated heterocycles. The molecule has 0 amide bonds. The molecule has 1 aliphatic rings. The van der Waals surface area contributed by atoms with Gasteiger partial charge in [0.25, 0.3) is 0 Å². The van der Waals surface area contributed by atoms with Crippen LogP contribution in [0.5, 0.6) is 0 Å². The normalized spacial score (nSPS) is 24.3. The average Bonchev–Trinajstić information content (AvgIpc) is 2.74. The fourth-order valence-electron chi connectivity index (χ4n) is 2.35. The third-order valence-electron chi connectivity index (χ3n) is 3.39. The minimum Gasteiger partial charge on any atom is -0.481 e. The second kappa shape index (κ2) is 6.02. The van der Waals surface area contributed by atoms with Crippen LogP contribution in [0.1, 0.15) is 11.3 Å². The Hall–Kier alpha value is -0.920. The Balaban J connectivity index is 2.05. The van der Waals surface area contributed by atoms with E-state index in [0.717, 1.165) is 9.35 Å². The highest BCUT2D eigenvalue weighted by Gasteiger charge is 2.38. The Morgan fingerprint density at radius 3 is 2.58 bits per heavy atom. The smallest absolute Gasteiger partial charge is 0.308 e. The SMILES string of the molecule is O=C(O)C1CCN(Cc2sccc2Br)CC1C(=O)O. The van der Waals surface area contributed by atoms with Gasteiger partial charge in [0, 0.05) is 22.4 Å². The first-order valence-corrected chi connectivity index (χ1v) is 7.56. The number of halogens is 1. The summed E-state index contributed by atoms with van der Waals surface area (Å²) in [5.41, 5.74) is 0. The molecule has 1 aliphatic heterocycles. The van der Waals surface area contributed by atoms with E-state index in [-0.39, 0.29) is 6.54 Å². The van der Waals surface area contributed by atoms with E-state index < -0.39 is 23.8 Å². The van der Waals surface area contributed by atoms with Gasteiger partial charge in [0.2, 0.25) is 0 Å². The van der Waals surface area contributed by atoms with E-state index in [1.54, 1.807) is 11.3 Å². The van der Waals surface area contributed by atoms with Crippen molar-refractivity contribution in [1.29, 1.82) is 0 Å². The van der Waals surface area contributed by atoms with Crippen molar-refractivity contribution in [2.75, 3.05) is 13.1 Å². The van der Waals surface area contributed by atoms with E-state index in [0.29, 0.717) is 19.5 Å². The van der Waals surface area contributed by atoms with Crippen molar-refractivity contribution >= 4 is 39.2 Å². The molecule has 2 unspecified atom stereocenters. The fourth-order valence-corrected chi connectivity index (χ4v) is 3.87. The summed E-state index contributed by atoms with van der Waals surface area (Å²) in [5, 5.41) is 20.2. The molecule has 1 aromatic heterocycles. The first-order valence-electron chi connectivity index (χ1n) is 5.89. The van der Waals surface area contributed by atoms with E-state index in [9.17, 15) is 9.59 Å². The van der Waals surface area contributed by atoms with Gasteiger partial charge >= 0.3 is 11.9 Å². The molecule has 1 aromatic rings. The molecule has 0 saturated carbocycles. The summed E-state index contributed by atoms with van der Waals surface area (Å²) in [6.45, 7) is 1.57. The molecular formula is C12H14BrNO4S. The lowest BCUT2D eigenvalue weighted by Crippen LogP contribution is -2.46. The van der Waals surface area contributed by atoms with Crippen molar-refractivity contribution in [3.8, 4) is 0 Å². The van der Waals surface area contributed by atoms with Gasteiger partial charge < -0.3 is 10.2 Å². The van der Waals surface area contributed by atoms with Crippen LogP contribution in [0.4, 0.5) is 0 Å². The average molecular weight is 348 g/mol. The first kappa shape index (κ1) is 14.5. The minimum absolute atomic E-state index is 0.288. The number of carbonyl (C=O) groups is 2. The quantitative estimate of drug-likeness (QED) is 0.872. The number of likely N-dealkylation sites (tertiary alicyclic amines) is 1. The maximum Gasteiger partial charge on any atom is 0.308 e. The van der Waals surface area contributed by atoms with E-state index >= 15 is 0 Å². The van der Waals surface area contributed by atoms with Crippen LogP contribution >= 0.6 is 27.3 Å². The van der Waals surface area contributed by atoms with E-state index in [2.05, 4.69) is 15.9 Å². The number of hydrogen-bond donors (Lipinski definition) is 2. The molecule has 2 rings (SSSR count). The van der Waals surface area contributed by atoms with Gasteiger partial charge in [-0.15, -0.1) is 11.3 Å². The van der Waals surface area contributed by atoms with Crippen LogP contribution in [0.2, 0.25) is 0 Å². The molecule has 0 bridgehead atoms. The largest absolute Gasteiger partial charge is 0.481 e. The number of hydrogen-bond acceptors (Lipinski definition) is 4. The Labute approximate surface area is 123 Å². The summed E-state index contributed by atoms with van der Waals surface area (Å²) in [4.78, 5) is 25.4. The van der Waals surface area contributed by atoms with Crippen LogP contribution in [-0.4, -0.2) is 40.1 Å². The maximum absolute atomic E-state index is 11.2. The molecule has 0 spiro atoms. The lowest BCUT2D eigenvalue weighted by Gasteiger charge is -2.34. The molecule has 19 heavy (non-hydrogen) atoms. The molecule has 1 fully saturated rings. The summed E-state index contributed by atoms with van der Waals surface area (Å²) in [6.07, 6.45) is 0.384. The van der Waals surface area contributed by atoms with Crippen molar-refractivity contribution in [1.82, 2.24) is 4.90 Å². The Kier molecular flexibility index (Phi) is 4.59. The minimum atomic E-state index is -1.03. The molecule has 2 heterocycles. The van der Waals surface area contributed by atoms with Crippen LogP contribution in [0.3, 0.4) is 0 Å². The van der Waals surface area contributed by atoms with Gasteiger partial charge in [-0.3, -0.25) is 14.5 Å². The molecule has 104 valence electrons. The molecule has 0 aromatic carbocycles. The van der Waals surface area contributed by atoms with Crippen molar-refractivity contribution in [3.63, 3.8) is 0 Å². The highest BCUT2D eigenvalue weighted by atomic mass is 79.9. The third-order valence-corrected chi connectivity index (χ3v) is 5.30. The number of aliphatic carboxylic acids is 2. The van der Waals surface area contributed by atoms with Gasteiger partial charge in [0.15, 0.2) is 0 Å².